The number of ether oxygens (including phenoxy) is 1. The number of anilines is 3. The summed E-state index contributed by atoms with van der Waals surface area (Å²) in [5, 5.41) is 5.23. The molecule has 1 aromatic carbocycles. The highest BCUT2D eigenvalue weighted by Crippen LogP contribution is 2.35. The first-order valence-corrected chi connectivity index (χ1v) is 10.9. The van der Waals surface area contributed by atoms with Gasteiger partial charge in [0.05, 0.1) is 18.4 Å². The van der Waals surface area contributed by atoms with Crippen LogP contribution in [0.1, 0.15) is 36.7 Å². The van der Waals surface area contributed by atoms with Crippen molar-refractivity contribution in [1.82, 2.24) is 19.8 Å². The minimum atomic E-state index is -4.64. The van der Waals surface area contributed by atoms with Crippen molar-refractivity contribution in [1.29, 1.82) is 0 Å². The fraction of sp³-hybridized carbons (Fsp3) is 0.500. The molecule has 34 heavy (non-hydrogen) atoms. The van der Waals surface area contributed by atoms with E-state index >= 15 is 0 Å². The number of hydrogen-bond donors (Lipinski definition) is 2. The number of halogens is 4. The minimum Gasteiger partial charge on any atom is -0.495 e. The van der Waals surface area contributed by atoms with E-state index in [1.54, 1.807) is 11.8 Å². The molecule has 0 aliphatic carbocycles. The SMILES string of the molecule is CCNc1nc(Nc2cc(F)c(C(=O)N3CCN(C(C)C)CC3)cc2OC)ncc1C(F)(F)F. The average molecular weight is 484 g/mol. The number of alkyl halides is 3. The second-order valence-electron chi connectivity index (χ2n) is 8.06. The van der Waals surface area contributed by atoms with Crippen molar-refractivity contribution >= 4 is 23.4 Å². The number of nitrogens with one attached hydrogen (secondary N) is 2. The van der Waals surface area contributed by atoms with Crippen LogP contribution in [0.25, 0.3) is 0 Å². The van der Waals surface area contributed by atoms with E-state index in [9.17, 15) is 22.4 Å². The number of hydrogen-bond acceptors (Lipinski definition) is 7. The van der Waals surface area contributed by atoms with Crippen molar-refractivity contribution in [2.75, 3.05) is 50.5 Å². The van der Waals surface area contributed by atoms with Crippen molar-refractivity contribution in [3.63, 3.8) is 0 Å². The summed E-state index contributed by atoms with van der Waals surface area (Å²) in [4.78, 5) is 24.3. The summed E-state index contributed by atoms with van der Waals surface area (Å²) in [5.41, 5.74) is -1.10. The Morgan fingerprint density at radius 1 is 1.21 bits per heavy atom. The molecular formula is C22H28F4N6O2. The van der Waals surface area contributed by atoms with Crippen LogP contribution < -0.4 is 15.4 Å². The van der Waals surface area contributed by atoms with Crippen LogP contribution in [0.5, 0.6) is 5.75 Å². The van der Waals surface area contributed by atoms with Gasteiger partial charge in [-0.05, 0) is 26.8 Å². The van der Waals surface area contributed by atoms with Gasteiger partial charge in [-0.25, -0.2) is 9.37 Å². The van der Waals surface area contributed by atoms with Crippen molar-refractivity contribution in [2.24, 2.45) is 0 Å². The first-order valence-electron chi connectivity index (χ1n) is 10.9. The van der Waals surface area contributed by atoms with Gasteiger partial charge in [-0.1, -0.05) is 0 Å². The van der Waals surface area contributed by atoms with E-state index in [2.05, 4.69) is 39.3 Å². The molecule has 1 amide bonds. The number of piperazine rings is 1. The van der Waals surface area contributed by atoms with E-state index in [0.29, 0.717) is 38.4 Å². The third kappa shape index (κ3) is 5.66. The number of benzene rings is 1. The second-order valence-corrected chi connectivity index (χ2v) is 8.06. The first-order chi connectivity index (χ1) is 16.0. The van der Waals surface area contributed by atoms with Crippen LogP contribution in [0.15, 0.2) is 18.3 Å². The van der Waals surface area contributed by atoms with Gasteiger partial charge in [0.1, 0.15) is 22.9 Å². The molecule has 3 rings (SSSR count). The molecule has 8 nitrogen and oxygen atoms in total. The van der Waals surface area contributed by atoms with Crippen LogP contribution >= 0.6 is 0 Å². The molecule has 2 aromatic rings. The Bertz CT molecular complexity index is 1020. The molecule has 1 aliphatic rings. The number of carbonyl (C=O) groups is 1. The van der Waals surface area contributed by atoms with E-state index in [1.807, 2.05) is 0 Å². The summed E-state index contributed by atoms with van der Waals surface area (Å²) in [6.45, 7) is 8.34. The van der Waals surface area contributed by atoms with Crippen LogP contribution in [0.2, 0.25) is 0 Å². The van der Waals surface area contributed by atoms with Gasteiger partial charge in [-0.2, -0.15) is 18.2 Å². The molecule has 12 heteroatoms. The zero-order chi connectivity index (χ0) is 25.0. The first kappa shape index (κ1) is 25.5. The van der Waals surface area contributed by atoms with Crippen LogP contribution in [0.3, 0.4) is 0 Å². The predicted octanol–water partition coefficient (Wildman–Crippen LogP) is 3.98. The number of carbonyl (C=O) groups excluding carboxylic acids is 1. The fourth-order valence-corrected chi connectivity index (χ4v) is 3.67. The van der Waals surface area contributed by atoms with Gasteiger partial charge in [0.2, 0.25) is 5.95 Å². The number of rotatable bonds is 7. The normalized spacial score (nSPS) is 14.9. The van der Waals surface area contributed by atoms with Gasteiger partial charge in [-0.15, -0.1) is 0 Å². The van der Waals surface area contributed by atoms with Crippen molar-refractivity contribution in [3.8, 4) is 5.75 Å². The number of amides is 1. The maximum Gasteiger partial charge on any atom is 0.421 e. The Morgan fingerprint density at radius 3 is 2.44 bits per heavy atom. The number of aromatic nitrogens is 2. The van der Waals surface area contributed by atoms with Crippen molar-refractivity contribution in [3.05, 3.63) is 35.3 Å². The molecule has 0 spiro atoms. The molecule has 1 saturated heterocycles. The summed E-state index contributed by atoms with van der Waals surface area (Å²) in [6.07, 6.45) is -3.99. The van der Waals surface area contributed by atoms with E-state index in [-0.39, 0.29) is 29.5 Å². The molecular weight excluding hydrogens is 456 g/mol. The zero-order valence-electron chi connectivity index (χ0n) is 19.5. The van der Waals surface area contributed by atoms with Crippen LogP contribution in [-0.4, -0.2) is 71.6 Å². The largest absolute Gasteiger partial charge is 0.495 e. The molecule has 0 unspecified atom stereocenters. The molecule has 1 aliphatic heterocycles. The molecule has 186 valence electrons. The van der Waals surface area contributed by atoms with Gasteiger partial charge in [0.15, 0.2) is 0 Å². The van der Waals surface area contributed by atoms with Gasteiger partial charge < -0.3 is 20.3 Å². The Balaban J connectivity index is 1.84. The summed E-state index contributed by atoms with van der Waals surface area (Å²) >= 11 is 0. The Hall–Kier alpha value is -3.15. The van der Waals surface area contributed by atoms with Gasteiger partial charge in [0, 0.05) is 51.0 Å². The summed E-state index contributed by atoms with van der Waals surface area (Å²) in [6, 6.07) is 2.67. The third-order valence-electron chi connectivity index (χ3n) is 5.54. The zero-order valence-corrected chi connectivity index (χ0v) is 19.5. The number of methoxy groups -OCH3 is 1. The summed E-state index contributed by atoms with van der Waals surface area (Å²) < 4.78 is 59.8. The van der Waals surface area contributed by atoms with Gasteiger partial charge in [0.25, 0.3) is 5.91 Å². The summed E-state index contributed by atoms with van der Waals surface area (Å²) in [7, 11) is 1.34. The Kier molecular flexibility index (Phi) is 7.80. The van der Waals surface area contributed by atoms with E-state index in [4.69, 9.17) is 4.74 Å². The standard InChI is InChI=1S/C22H28F4N6O2/c1-5-27-19-15(22(24,25)26)12-28-21(30-19)29-17-11-16(23)14(10-18(17)34-4)20(33)32-8-6-31(7-9-32)13(2)3/h10-13H,5-9H2,1-4H3,(H2,27,28,29,30). The molecule has 0 saturated carbocycles. The monoisotopic (exact) mass is 484 g/mol. The van der Waals surface area contributed by atoms with Gasteiger partial charge in [-0.3, -0.25) is 9.69 Å². The smallest absolute Gasteiger partial charge is 0.421 e. The van der Waals surface area contributed by atoms with Crippen molar-refractivity contribution < 1.29 is 27.1 Å². The quantitative estimate of drug-likeness (QED) is 0.575. The van der Waals surface area contributed by atoms with Crippen molar-refractivity contribution in [2.45, 2.75) is 33.0 Å². The maximum absolute atomic E-state index is 14.9. The lowest BCUT2D eigenvalue weighted by atomic mass is 10.1. The lowest BCUT2D eigenvalue weighted by Crippen LogP contribution is -2.50. The highest BCUT2D eigenvalue weighted by atomic mass is 19.4. The lowest BCUT2D eigenvalue weighted by Gasteiger charge is -2.37. The molecule has 0 radical (unpaired) electrons. The lowest BCUT2D eigenvalue weighted by molar-refractivity contribution is -0.137. The Morgan fingerprint density at radius 2 is 1.88 bits per heavy atom. The molecule has 0 atom stereocenters. The van der Waals surface area contributed by atoms with Crippen LogP contribution in [0, 0.1) is 5.82 Å². The highest BCUT2D eigenvalue weighted by molar-refractivity contribution is 5.96. The molecule has 2 N–H and O–H groups in total. The molecule has 1 aromatic heterocycles. The van der Waals surface area contributed by atoms with E-state index < -0.39 is 29.3 Å². The predicted molar refractivity (Wildman–Crippen MR) is 120 cm³/mol. The highest BCUT2D eigenvalue weighted by Gasteiger charge is 2.35. The third-order valence-corrected chi connectivity index (χ3v) is 5.54. The maximum atomic E-state index is 14.9. The molecule has 2 heterocycles. The summed E-state index contributed by atoms with van der Waals surface area (Å²) in [5.74, 6) is -1.71. The average Bonchev–Trinajstić information content (AvgIpc) is 2.78. The van der Waals surface area contributed by atoms with E-state index in [1.165, 1.54) is 13.2 Å². The Labute approximate surface area is 195 Å². The number of nitrogens with zero attached hydrogens (tertiary/aromatic N) is 4. The van der Waals surface area contributed by atoms with E-state index in [0.717, 1.165) is 6.07 Å². The van der Waals surface area contributed by atoms with Gasteiger partial charge >= 0.3 is 6.18 Å². The topological polar surface area (TPSA) is 82.6 Å². The van der Waals surface area contributed by atoms with Crippen LogP contribution in [0.4, 0.5) is 35.0 Å². The fourth-order valence-electron chi connectivity index (χ4n) is 3.67. The van der Waals surface area contributed by atoms with Crippen LogP contribution in [-0.2, 0) is 6.18 Å². The molecule has 1 fully saturated rings. The molecule has 0 bridgehead atoms. The second kappa shape index (κ2) is 10.4. The minimum absolute atomic E-state index is 0.0726.